The normalized spacial score (nSPS) is 22.5. The van der Waals surface area contributed by atoms with Gasteiger partial charge in [-0.1, -0.05) is 42.1 Å². The summed E-state index contributed by atoms with van der Waals surface area (Å²) in [7, 11) is 3.99. The lowest BCUT2D eigenvalue weighted by atomic mass is 10.0. The third-order valence-corrected chi connectivity index (χ3v) is 8.21. The molecule has 0 saturated carbocycles. The van der Waals surface area contributed by atoms with Crippen molar-refractivity contribution < 1.29 is 9.18 Å². The largest absolute Gasteiger partial charge is 0.378 e. The Labute approximate surface area is 212 Å². The van der Waals surface area contributed by atoms with Gasteiger partial charge < -0.3 is 20.9 Å². The van der Waals surface area contributed by atoms with Crippen LogP contribution in [-0.4, -0.2) is 25.1 Å². The van der Waals surface area contributed by atoms with Gasteiger partial charge in [0.2, 0.25) is 4.87 Å². The average Bonchev–Trinajstić information content (AvgIpc) is 3.34. The number of hydrogen-bond acceptors (Lipinski definition) is 5. The minimum atomic E-state index is -1.22. The fourth-order valence-corrected chi connectivity index (χ4v) is 6.62. The first-order valence-electron chi connectivity index (χ1n) is 11.1. The van der Waals surface area contributed by atoms with Gasteiger partial charge in [0, 0.05) is 36.7 Å². The number of rotatable bonds is 3. The summed E-state index contributed by atoms with van der Waals surface area (Å²) in [5.74, 6) is 0.102. The zero-order chi connectivity index (χ0) is 24.3. The third-order valence-electron chi connectivity index (χ3n) is 6.46. The molecule has 6 rings (SSSR count). The highest BCUT2D eigenvalue weighted by Crippen LogP contribution is 2.61. The van der Waals surface area contributed by atoms with Crippen molar-refractivity contribution in [2.24, 2.45) is 0 Å². The molecule has 3 N–H and O–H groups in total. The number of hydrogen-bond donors (Lipinski definition) is 3. The molecule has 2 atom stereocenters. The van der Waals surface area contributed by atoms with E-state index < -0.39 is 10.7 Å². The van der Waals surface area contributed by atoms with Crippen LogP contribution in [0.2, 0.25) is 0 Å². The molecule has 0 radical (unpaired) electrons. The van der Waals surface area contributed by atoms with Gasteiger partial charge in [0.25, 0.3) is 5.91 Å². The fraction of sp³-hybridized carbons (Fsp3) is 0.154. The van der Waals surface area contributed by atoms with Crippen LogP contribution in [0.1, 0.15) is 17.2 Å². The van der Waals surface area contributed by atoms with Crippen LogP contribution in [0.15, 0.2) is 83.5 Å². The molecular weight excluding hydrogens is 481 g/mol. The monoisotopic (exact) mass is 503 g/mol. The van der Waals surface area contributed by atoms with E-state index in [1.54, 1.807) is 6.07 Å². The van der Waals surface area contributed by atoms with E-state index in [1.165, 1.54) is 23.9 Å². The van der Waals surface area contributed by atoms with Gasteiger partial charge >= 0.3 is 0 Å². The lowest BCUT2D eigenvalue weighted by Gasteiger charge is -2.36. The van der Waals surface area contributed by atoms with Crippen LogP contribution in [0.3, 0.4) is 0 Å². The number of nitrogens with one attached hydrogen (secondary N) is 3. The summed E-state index contributed by atoms with van der Waals surface area (Å²) in [4.78, 5) is 17.4. The molecule has 3 aromatic rings. The minimum Gasteiger partial charge on any atom is -0.378 e. The number of halogens is 1. The first kappa shape index (κ1) is 21.9. The molecule has 0 fully saturated rings. The average molecular weight is 504 g/mol. The van der Waals surface area contributed by atoms with Crippen LogP contribution >= 0.6 is 24.0 Å². The Hall–Kier alpha value is -3.56. The maximum absolute atomic E-state index is 14.5. The van der Waals surface area contributed by atoms with Gasteiger partial charge in [0.1, 0.15) is 11.6 Å². The molecule has 6 nitrogen and oxygen atoms in total. The van der Waals surface area contributed by atoms with Crippen LogP contribution in [0.25, 0.3) is 0 Å². The number of para-hydroxylation sites is 1. The second-order valence-electron chi connectivity index (χ2n) is 8.79. The molecule has 2 unspecified atom stereocenters. The number of thiocarbonyl (C=S) groups is 1. The molecule has 0 aliphatic carbocycles. The number of thioether (sulfide) groups is 1. The lowest BCUT2D eigenvalue weighted by molar-refractivity contribution is -0.117. The van der Waals surface area contributed by atoms with Crippen molar-refractivity contribution in [1.29, 1.82) is 0 Å². The highest BCUT2D eigenvalue weighted by Gasteiger charge is 2.60. The molecular formula is C26H22FN5OS2. The summed E-state index contributed by atoms with van der Waals surface area (Å²) in [6.45, 7) is 0. The number of carbonyl (C=O) groups excluding carboxylic acids is 1. The zero-order valence-corrected chi connectivity index (χ0v) is 20.6. The van der Waals surface area contributed by atoms with Crippen LogP contribution in [-0.2, 0) is 9.67 Å². The second-order valence-corrected chi connectivity index (χ2v) is 10.4. The Morgan fingerprint density at radius 3 is 2.49 bits per heavy atom. The van der Waals surface area contributed by atoms with E-state index in [4.69, 9.17) is 12.2 Å². The number of anilines is 3. The Bertz CT molecular complexity index is 1390. The maximum atomic E-state index is 14.5. The van der Waals surface area contributed by atoms with Crippen molar-refractivity contribution in [1.82, 2.24) is 10.6 Å². The molecule has 176 valence electrons. The standard InChI is InChI=1S/C26H22FN5OS2/c1-31(2)17-11-8-15(9-12-17)21-22-23(30-25(34)29-21)32(18-6-4-3-5-7-18)26(35-22)19-14-16(27)10-13-20(19)28-24(26)33/h3-14,21H,1-2H3,(H,28,33)(H2,29,30,34). The molecule has 3 heterocycles. The molecule has 0 aromatic heterocycles. The summed E-state index contributed by atoms with van der Waals surface area (Å²) in [6.07, 6.45) is 0. The molecule has 0 saturated heterocycles. The van der Waals surface area contributed by atoms with Gasteiger partial charge in [-0.05, 0) is 60.2 Å². The highest BCUT2D eigenvalue weighted by molar-refractivity contribution is 8.05. The van der Waals surface area contributed by atoms with Gasteiger partial charge in [-0.15, -0.1) is 0 Å². The second kappa shape index (κ2) is 8.00. The van der Waals surface area contributed by atoms with Crippen molar-refractivity contribution in [3.63, 3.8) is 0 Å². The number of fused-ring (bicyclic) bond motifs is 2. The minimum absolute atomic E-state index is 0.226. The topological polar surface area (TPSA) is 59.6 Å². The zero-order valence-electron chi connectivity index (χ0n) is 19.0. The Morgan fingerprint density at radius 2 is 1.77 bits per heavy atom. The van der Waals surface area contributed by atoms with E-state index in [9.17, 15) is 9.18 Å². The summed E-state index contributed by atoms with van der Waals surface area (Å²) in [5, 5.41) is 10.1. The number of benzene rings is 3. The molecule has 35 heavy (non-hydrogen) atoms. The molecule has 3 aliphatic rings. The predicted molar refractivity (Wildman–Crippen MR) is 143 cm³/mol. The van der Waals surface area contributed by atoms with Crippen molar-refractivity contribution >= 4 is 52.1 Å². The number of nitrogens with zero attached hydrogens (tertiary/aromatic N) is 2. The maximum Gasteiger partial charge on any atom is 0.266 e. The highest BCUT2D eigenvalue weighted by atomic mass is 32.2. The van der Waals surface area contributed by atoms with Gasteiger partial charge in [0.15, 0.2) is 5.11 Å². The van der Waals surface area contributed by atoms with Crippen molar-refractivity contribution in [3.8, 4) is 0 Å². The van der Waals surface area contributed by atoms with Crippen molar-refractivity contribution in [2.45, 2.75) is 10.9 Å². The van der Waals surface area contributed by atoms with Crippen LogP contribution in [0, 0.1) is 5.82 Å². The predicted octanol–water partition coefficient (Wildman–Crippen LogP) is 4.64. The van der Waals surface area contributed by atoms with Gasteiger partial charge in [-0.25, -0.2) is 4.39 Å². The van der Waals surface area contributed by atoms with Crippen LogP contribution in [0.4, 0.5) is 21.5 Å². The number of amides is 1. The quantitative estimate of drug-likeness (QED) is 0.450. The van der Waals surface area contributed by atoms with Gasteiger partial charge in [-0.2, -0.15) is 0 Å². The van der Waals surface area contributed by atoms with Crippen LogP contribution < -0.4 is 25.8 Å². The van der Waals surface area contributed by atoms with E-state index in [0.717, 1.165) is 27.7 Å². The first-order valence-corrected chi connectivity index (χ1v) is 12.4. The molecule has 3 aromatic carbocycles. The molecule has 3 aliphatic heterocycles. The number of carbonyl (C=O) groups is 1. The van der Waals surface area contributed by atoms with Crippen molar-refractivity contribution in [2.75, 3.05) is 29.2 Å². The first-order chi connectivity index (χ1) is 16.9. The summed E-state index contributed by atoms with van der Waals surface area (Å²) in [6, 6.07) is 22.0. The van der Waals surface area contributed by atoms with E-state index in [2.05, 4.69) is 40.2 Å². The lowest BCUT2D eigenvalue weighted by Crippen LogP contribution is -2.51. The van der Waals surface area contributed by atoms with Crippen molar-refractivity contribution in [3.05, 3.63) is 100 Å². The summed E-state index contributed by atoms with van der Waals surface area (Å²) >= 11 is 7.02. The smallest absolute Gasteiger partial charge is 0.266 e. The molecule has 0 bridgehead atoms. The van der Waals surface area contributed by atoms with E-state index in [0.29, 0.717) is 16.4 Å². The fourth-order valence-electron chi connectivity index (χ4n) is 4.82. The SMILES string of the molecule is CN(C)c1ccc(C2NC(=S)NC3=C2SC2(C(=O)Nc4ccc(F)cc42)N3c2ccccc2)cc1. The Kier molecular flexibility index (Phi) is 5.01. The Morgan fingerprint density at radius 1 is 1.03 bits per heavy atom. The summed E-state index contributed by atoms with van der Waals surface area (Å²) in [5.41, 5.74) is 4.09. The third kappa shape index (κ3) is 3.30. The van der Waals surface area contributed by atoms with E-state index in [-0.39, 0.29) is 11.9 Å². The van der Waals surface area contributed by atoms with Gasteiger partial charge in [0.05, 0.1) is 10.9 Å². The Balaban J connectivity index is 1.55. The van der Waals surface area contributed by atoms with E-state index >= 15 is 0 Å². The van der Waals surface area contributed by atoms with Crippen LogP contribution in [0.5, 0.6) is 0 Å². The van der Waals surface area contributed by atoms with Gasteiger partial charge in [-0.3, -0.25) is 9.69 Å². The summed E-state index contributed by atoms with van der Waals surface area (Å²) < 4.78 is 14.5. The van der Waals surface area contributed by atoms with E-state index in [1.807, 2.05) is 54.2 Å². The molecule has 1 spiro atoms. The molecule has 1 amide bonds. The molecule has 9 heteroatoms.